The van der Waals surface area contributed by atoms with Gasteiger partial charge in [-0.3, -0.25) is 4.40 Å². The molecule has 2 aromatic heterocycles. The molecule has 0 aliphatic rings. The summed E-state index contributed by atoms with van der Waals surface area (Å²) < 4.78 is 2.03. The smallest absolute Gasteiger partial charge is 0.193 e. The quantitative estimate of drug-likeness (QED) is 0.294. The molecule has 1 aromatic carbocycles. The SMILES string of the molecule is CCNC(=NCc1cn2ccsc2n1)NCCSc1ccccc1. The number of aromatic nitrogens is 2. The van der Waals surface area contributed by atoms with Crippen LogP contribution in [0.1, 0.15) is 12.6 Å². The Labute approximate surface area is 150 Å². The van der Waals surface area contributed by atoms with Crippen LogP contribution in [-0.4, -0.2) is 34.2 Å². The molecule has 0 saturated heterocycles. The van der Waals surface area contributed by atoms with Crippen molar-refractivity contribution >= 4 is 34.0 Å². The van der Waals surface area contributed by atoms with Crippen molar-refractivity contribution in [3.05, 3.63) is 53.8 Å². The summed E-state index contributed by atoms with van der Waals surface area (Å²) in [5, 5.41) is 8.68. The van der Waals surface area contributed by atoms with Crippen molar-refractivity contribution < 1.29 is 0 Å². The van der Waals surface area contributed by atoms with Gasteiger partial charge in [0, 0.05) is 41.5 Å². The van der Waals surface area contributed by atoms with E-state index in [4.69, 9.17) is 0 Å². The number of rotatable bonds is 7. The molecule has 0 aliphatic carbocycles. The molecule has 0 fully saturated rings. The maximum Gasteiger partial charge on any atom is 0.193 e. The van der Waals surface area contributed by atoms with Gasteiger partial charge >= 0.3 is 0 Å². The van der Waals surface area contributed by atoms with Gasteiger partial charge in [-0.2, -0.15) is 0 Å². The van der Waals surface area contributed by atoms with Gasteiger partial charge in [-0.1, -0.05) is 18.2 Å². The second kappa shape index (κ2) is 8.75. The minimum Gasteiger partial charge on any atom is -0.357 e. The number of guanidine groups is 1. The van der Waals surface area contributed by atoms with Crippen LogP contribution in [0.2, 0.25) is 0 Å². The number of thioether (sulfide) groups is 1. The van der Waals surface area contributed by atoms with E-state index >= 15 is 0 Å². The Morgan fingerprint density at radius 1 is 1.29 bits per heavy atom. The Morgan fingerprint density at radius 2 is 2.17 bits per heavy atom. The van der Waals surface area contributed by atoms with Gasteiger partial charge < -0.3 is 10.6 Å². The Morgan fingerprint density at radius 3 is 2.96 bits per heavy atom. The third-order valence-electron chi connectivity index (χ3n) is 3.29. The minimum absolute atomic E-state index is 0.579. The molecule has 0 amide bonds. The molecule has 3 rings (SSSR count). The standard InChI is InChI=1S/C17H21N5S2/c1-2-18-16(19-8-10-23-15-6-4-3-5-7-15)20-12-14-13-22-9-11-24-17(22)21-14/h3-7,9,11,13H,2,8,10,12H2,1H3,(H2,18,19,20). The molecule has 3 aromatic rings. The van der Waals surface area contributed by atoms with Gasteiger partial charge in [0.15, 0.2) is 10.9 Å². The van der Waals surface area contributed by atoms with Crippen molar-refractivity contribution in [1.29, 1.82) is 0 Å². The summed E-state index contributed by atoms with van der Waals surface area (Å²) in [6.45, 7) is 4.36. The third kappa shape index (κ3) is 4.75. The molecule has 0 unspecified atom stereocenters. The predicted molar refractivity (Wildman–Crippen MR) is 103 cm³/mol. The van der Waals surface area contributed by atoms with E-state index in [0.717, 1.165) is 35.5 Å². The number of aliphatic imine (C=N–C) groups is 1. The summed E-state index contributed by atoms with van der Waals surface area (Å²) in [7, 11) is 0. The number of nitrogens with zero attached hydrogens (tertiary/aromatic N) is 3. The van der Waals surface area contributed by atoms with Crippen LogP contribution >= 0.6 is 23.1 Å². The molecular weight excluding hydrogens is 338 g/mol. The topological polar surface area (TPSA) is 53.7 Å². The highest BCUT2D eigenvalue weighted by molar-refractivity contribution is 7.99. The molecule has 126 valence electrons. The van der Waals surface area contributed by atoms with Crippen molar-refractivity contribution in [2.24, 2.45) is 4.99 Å². The van der Waals surface area contributed by atoms with E-state index in [1.807, 2.05) is 40.0 Å². The maximum absolute atomic E-state index is 4.62. The molecule has 2 N–H and O–H groups in total. The Bertz CT molecular complexity index is 750. The lowest BCUT2D eigenvalue weighted by molar-refractivity contribution is 0.839. The maximum atomic E-state index is 4.62. The number of fused-ring (bicyclic) bond motifs is 1. The first-order valence-electron chi connectivity index (χ1n) is 7.96. The zero-order valence-electron chi connectivity index (χ0n) is 13.6. The number of imidazole rings is 1. The lowest BCUT2D eigenvalue weighted by Gasteiger charge is -2.10. The largest absolute Gasteiger partial charge is 0.357 e. The van der Waals surface area contributed by atoms with Crippen LogP contribution < -0.4 is 10.6 Å². The van der Waals surface area contributed by atoms with Gasteiger partial charge in [0.25, 0.3) is 0 Å². The molecule has 0 spiro atoms. The van der Waals surface area contributed by atoms with E-state index in [1.165, 1.54) is 4.90 Å². The Balaban J connectivity index is 1.49. The van der Waals surface area contributed by atoms with Crippen LogP contribution in [-0.2, 0) is 6.54 Å². The first kappa shape index (κ1) is 16.9. The minimum atomic E-state index is 0.579. The fraction of sp³-hybridized carbons (Fsp3) is 0.294. The van der Waals surface area contributed by atoms with Crippen molar-refractivity contribution in [1.82, 2.24) is 20.0 Å². The van der Waals surface area contributed by atoms with E-state index in [1.54, 1.807) is 11.3 Å². The van der Waals surface area contributed by atoms with E-state index in [-0.39, 0.29) is 0 Å². The molecule has 7 heteroatoms. The highest BCUT2D eigenvalue weighted by atomic mass is 32.2. The van der Waals surface area contributed by atoms with Gasteiger partial charge in [-0.25, -0.2) is 9.98 Å². The van der Waals surface area contributed by atoms with E-state index in [9.17, 15) is 0 Å². The molecule has 0 atom stereocenters. The second-order valence-corrected chi connectivity index (χ2v) is 7.15. The summed E-state index contributed by atoms with van der Waals surface area (Å²) in [5.41, 5.74) is 0.984. The van der Waals surface area contributed by atoms with Gasteiger partial charge in [0.1, 0.15) is 0 Å². The van der Waals surface area contributed by atoms with Gasteiger partial charge in [-0.15, -0.1) is 23.1 Å². The number of hydrogen-bond donors (Lipinski definition) is 2. The molecule has 0 saturated carbocycles. The van der Waals surface area contributed by atoms with Crippen molar-refractivity contribution in [3.8, 4) is 0 Å². The zero-order chi connectivity index (χ0) is 16.6. The van der Waals surface area contributed by atoms with Gasteiger partial charge in [0.05, 0.1) is 12.2 Å². The first-order valence-corrected chi connectivity index (χ1v) is 9.83. The van der Waals surface area contributed by atoms with Crippen molar-refractivity contribution in [3.63, 3.8) is 0 Å². The van der Waals surface area contributed by atoms with E-state index in [2.05, 4.69) is 51.8 Å². The molecule has 24 heavy (non-hydrogen) atoms. The van der Waals surface area contributed by atoms with Crippen LogP contribution in [0.25, 0.3) is 4.96 Å². The summed E-state index contributed by atoms with van der Waals surface area (Å²) in [5.74, 6) is 1.83. The van der Waals surface area contributed by atoms with Crippen molar-refractivity contribution in [2.45, 2.75) is 18.4 Å². The molecule has 0 bridgehead atoms. The monoisotopic (exact) mass is 359 g/mol. The Kier molecular flexibility index (Phi) is 6.14. The van der Waals surface area contributed by atoms with E-state index < -0.39 is 0 Å². The van der Waals surface area contributed by atoms with Crippen molar-refractivity contribution in [2.75, 3.05) is 18.8 Å². The Hall–Kier alpha value is -1.99. The molecule has 0 aliphatic heterocycles. The number of benzene rings is 1. The second-order valence-electron chi connectivity index (χ2n) is 5.11. The molecular formula is C17H21N5S2. The average molecular weight is 360 g/mol. The summed E-state index contributed by atoms with van der Waals surface area (Å²) in [6, 6.07) is 10.4. The fourth-order valence-electron chi connectivity index (χ4n) is 2.21. The molecule has 0 radical (unpaired) electrons. The number of thiazole rings is 1. The summed E-state index contributed by atoms with van der Waals surface area (Å²) >= 11 is 3.48. The predicted octanol–water partition coefficient (Wildman–Crippen LogP) is 3.24. The lowest BCUT2D eigenvalue weighted by Crippen LogP contribution is -2.38. The van der Waals surface area contributed by atoms with Gasteiger partial charge in [0.2, 0.25) is 0 Å². The summed E-state index contributed by atoms with van der Waals surface area (Å²) in [6.07, 6.45) is 4.05. The van der Waals surface area contributed by atoms with Crippen LogP contribution in [0, 0.1) is 0 Å². The summed E-state index contributed by atoms with van der Waals surface area (Å²) in [4.78, 5) is 11.5. The zero-order valence-corrected chi connectivity index (χ0v) is 15.2. The molecule has 2 heterocycles. The van der Waals surface area contributed by atoms with Crippen LogP contribution in [0.15, 0.2) is 58.0 Å². The van der Waals surface area contributed by atoms with E-state index in [0.29, 0.717) is 6.54 Å². The normalized spacial score (nSPS) is 11.8. The van der Waals surface area contributed by atoms with Crippen LogP contribution in [0.5, 0.6) is 0 Å². The number of nitrogens with one attached hydrogen (secondary N) is 2. The lowest BCUT2D eigenvalue weighted by atomic mass is 10.4. The fourth-order valence-corrected chi connectivity index (χ4v) is 3.72. The average Bonchev–Trinajstić information content (AvgIpc) is 3.19. The van der Waals surface area contributed by atoms with Gasteiger partial charge in [-0.05, 0) is 19.1 Å². The van der Waals surface area contributed by atoms with Crippen LogP contribution in [0.4, 0.5) is 0 Å². The highest BCUT2D eigenvalue weighted by Gasteiger charge is 2.03. The van der Waals surface area contributed by atoms with Crippen LogP contribution in [0.3, 0.4) is 0 Å². The molecule has 5 nitrogen and oxygen atoms in total. The third-order valence-corrected chi connectivity index (χ3v) is 5.08. The number of hydrogen-bond acceptors (Lipinski definition) is 4. The first-order chi connectivity index (χ1) is 11.8. The highest BCUT2D eigenvalue weighted by Crippen LogP contribution is 2.15.